The van der Waals surface area contributed by atoms with E-state index < -0.39 is 6.10 Å². The second-order valence-electron chi connectivity index (χ2n) is 3.02. The third-order valence-electron chi connectivity index (χ3n) is 1.82. The largest absolute Gasteiger partial charge is 0.389 e. The Bertz CT molecular complexity index is 187. The molecule has 1 unspecified atom stereocenters. The topological polar surface area (TPSA) is 32.7 Å². The number of β-amino-alcohol motifs (C(OH)–C–C–N with tert-alkyl or cyclic N) is 1. The van der Waals surface area contributed by atoms with Crippen molar-refractivity contribution < 1.29 is 9.84 Å². The molecule has 0 aromatic heterocycles. The molecule has 0 radical (unpaired) electrons. The summed E-state index contributed by atoms with van der Waals surface area (Å²) in [5.74, 6) is 0. The van der Waals surface area contributed by atoms with Crippen molar-refractivity contribution in [2.75, 3.05) is 32.8 Å². The zero-order valence-electron chi connectivity index (χ0n) is 7.25. The van der Waals surface area contributed by atoms with Crippen LogP contribution in [0.3, 0.4) is 0 Å². The highest BCUT2D eigenvalue weighted by atomic mass is 35.5. The van der Waals surface area contributed by atoms with E-state index >= 15 is 0 Å². The molecule has 76 valence electrons. The summed E-state index contributed by atoms with van der Waals surface area (Å²) in [5, 5.41) is 9.96. The number of nitrogens with zero attached hydrogens (tertiary/aromatic N) is 1. The third kappa shape index (κ3) is 4.29. The van der Waals surface area contributed by atoms with Crippen molar-refractivity contribution in [3.05, 3.63) is 10.6 Å². The summed E-state index contributed by atoms with van der Waals surface area (Å²) in [5.41, 5.74) is 1.35. The van der Waals surface area contributed by atoms with Crippen LogP contribution in [-0.4, -0.2) is 49.0 Å². The molecule has 1 rings (SSSR count). The Morgan fingerprint density at radius 3 is 3.15 bits per heavy atom. The maximum atomic E-state index is 9.38. The Kier molecular flexibility index (Phi) is 5.06. The first-order valence-electron chi connectivity index (χ1n) is 4.15. The highest BCUT2D eigenvalue weighted by Crippen LogP contribution is 2.08. The molecule has 0 aromatic rings. The van der Waals surface area contributed by atoms with Gasteiger partial charge in [0.2, 0.25) is 0 Å². The van der Waals surface area contributed by atoms with Gasteiger partial charge in [-0.25, -0.2) is 0 Å². The normalized spacial score (nSPS) is 27.3. The number of ether oxygens (including phenoxy) is 1. The SMILES string of the molecule is OC1COCCN(C/C(Cl)=C/Cl)C1. The maximum absolute atomic E-state index is 9.38. The molecule has 1 atom stereocenters. The molecule has 3 nitrogen and oxygen atoms in total. The van der Waals surface area contributed by atoms with Crippen molar-refractivity contribution in [1.82, 2.24) is 4.90 Å². The van der Waals surface area contributed by atoms with Gasteiger partial charge in [0.1, 0.15) is 0 Å². The van der Waals surface area contributed by atoms with E-state index in [0.29, 0.717) is 31.3 Å². The molecule has 13 heavy (non-hydrogen) atoms. The van der Waals surface area contributed by atoms with Crippen molar-refractivity contribution in [2.45, 2.75) is 6.10 Å². The molecule has 1 heterocycles. The fourth-order valence-corrected chi connectivity index (χ4v) is 1.48. The maximum Gasteiger partial charge on any atom is 0.0900 e. The van der Waals surface area contributed by atoms with E-state index in [-0.39, 0.29) is 0 Å². The van der Waals surface area contributed by atoms with E-state index in [9.17, 15) is 5.11 Å². The first-order valence-corrected chi connectivity index (χ1v) is 4.96. The monoisotopic (exact) mass is 225 g/mol. The summed E-state index contributed by atoms with van der Waals surface area (Å²) in [6.45, 7) is 2.96. The lowest BCUT2D eigenvalue weighted by Gasteiger charge is -2.19. The minimum atomic E-state index is -0.428. The number of hydrogen-bond donors (Lipinski definition) is 1. The van der Waals surface area contributed by atoms with Gasteiger partial charge >= 0.3 is 0 Å². The number of halogens is 2. The minimum absolute atomic E-state index is 0.401. The van der Waals surface area contributed by atoms with E-state index in [2.05, 4.69) is 0 Å². The predicted molar refractivity (Wildman–Crippen MR) is 53.1 cm³/mol. The highest BCUT2D eigenvalue weighted by Gasteiger charge is 2.16. The first-order chi connectivity index (χ1) is 6.22. The molecular weight excluding hydrogens is 213 g/mol. The molecule has 1 N–H and O–H groups in total. The number of aliphatic hydroxyl groups is 1. The van der Waals surface area contributed by atoms with E-state index in [1.807, 2.05) is 4.90 Å². The summed E-state index contributed by atoms with van der Waals surface area (Å²) in [4.78, 5) is 2.01. The van der Waals surface area contributed by atoms with Gasteiger partial charge in [0.15, 0.2) is 0 Å². The zero-order chi connectivity index (χ0) is 9.68. The Labute approximate surface area is 87.9 Å². The summed E-state index contributed by atoms with van der Waals surface area (Å²) in [6, 6.07) is 0. The van der Waals surface area contributed by atoms with Crippen LogP contribution in [0.1, 0.15) is 0 Å². The summed E-state index contributed by atoms with van der Waals surface area (Å²) < 4.78 is 5.16. The van der Waals surface area contributed by atoms with Gasteiger partial charge < -0.3 is 9.84 Å². The minimum Gasteiger partial charge on any atom is -0.389 e. The molecular formula is C8H13Cl2NO2. The van der Waals surface area contributed by atoms with Crippen LogP contribution in [0.25, 0.3) is 0 Å². The van der Waals surface area contributed by atoms with Gasteiger partial charge in [-0.05, 0) is 0 Å². The molecule has 5 heteroatoms. The van der Waals surface area contributed by atoms with Crippen LogP contribution >= 0.6 is 23.2 Å². The lowest BCUT2D eigenvalue weighted by molar-refractivity contribution is 0.0568. The summed E-state index contributed by atoms with van der Waals surface area (Å²) >= 11 is 11.2. The second-order valence-corrected chi connectivity index (χ2v) is 3.72. The van der Waals surface area contributed by atoms with E-state index in [1.54, 1.807) is 0 Å². The van der Waals surface area contributed by atoms with Crippen LogP contribution in [0.2, 0.25) is 0 Å². The van der Waals surface area contributed by atoms with Crippen LogP contribution in [-0.2, 0) is 4.74 Å². The molecule has 0 aliphatic carbocycles. The van der Waals surface area contributed by atoms with Gasteiger partial charge in [-0.15, -0.1) is 0 Å². The predicted octanol–water partition coefficient (Wildman–Crippen LogP) is 0.999. The molecule has 0 saturated carbocycles. The Balaban J connectivity index is 2.39. The average Bonchev–Trinajstić information content (AvgIpc) is 2.30. The molecule has 0 spiro atoms. The van der Waals surface area contributed by atoms with Gasteiger partial charge in [0, 0.05) is 30.2 Å². The van der Waals surface area contributed by atoms with Crippen molar-refractivity contribution in [2.24, 2.45) is 0 Å². The van der Waals surface area contributed by atoms with Gasteiger partial charge in [-0.3, -0.25) is 4.90 Å². The molecule has 0 bridgehead atoms. The van der Waals surface area contributed by atoms with E-state index in [4.69, 9.17) is 27.9 Å². The quantitative estimate of drug-likeness (QED) is 0.762. The number of rotatable bonds is 2. The van der Waals surface area contributed by atoms with Gasteiger partial charge in [0.25, 0.3) is 0 Å². The fourth-order valence-electron chi connectivity index (χ4n) is 1.25. The van der Waals surface area contributed by atoms with Crippen LogP contribution in [0, 0.1) is 0 Å². The molecule has 1 aliphatic heterocycles. The molecule has 1 aliphatic rings. The van der Waals surface area contributed by atoms with Crippen molar-refractivity contribution >= 4 is 23.2 Å². The number of hydrogen-bond acceptors (Lipinski definition) is 3. The Morgan fingerprint density at radius 2 is 2.46 bits per heavy atom. The smallest absolute Gasteiger partial charge is 0.0900 e. The molecule has 1 fully saturated rings. The van der Waals surface area contributed by atoms with Crippen LogP contribution in [0.4, 0.5) is 0 Å². The van der Waals surface area contributed by atoms with Gasteiger partial charge in [-0.2, -0.15) is 0 Å². The Hall–Kier alpha value is 0.200. The molecule has 0 amide bonds. The summed E-state index contributed by atoms with van der Waals surface area (Å²) in [6.07, 6.45) is -0.428. The first kappa shape index (κ1) is 11.3. The number of aliphatic hydroxyl groups excluding tert-OH is 1. The van der Waals surface area contributed by atoms with E-state index in [0.717, 1.165) is 6.54 Å². The standard InChI is InChI=1S/C8H13Cl2NO2/c9-3-7(10)4-11-1-2-13-6-8(12)5-11/h3,8,12H,1-2,4-6H2/b7-3-. The fraction of sp³-hybridized carbons (Fsp3) is 0.750. The molecule has 0 aromatic carbocycles. The average molecular weight is 226 g/mol. The van der Waals surface area contributed by atoms with Crippen molar-refractivity contribution in [1.29, 1.82) is 0 Å². The van der Waals surface area contributed by atoms with Crippen LogP contribution in [0.5, 0.6) is 0 Å². The zero-order valence-corrected chi connectivity index (χ0v) is 8.76. The lowest BCUT2D eigenvalue weighted by Crippen LogP contribution is -2.33. The lowest BCUT2D eigenvalue weighted by atomic mass is 10.3. The van der Waals surface area contributed by atoms with Gasteiger partial charge in [-0.1, -0.05) is 23.2 Å². The second kappa shape index (κ2) is 5.83. The van der Waals surface area contributed by atoms with Crippen LogP contribution < -0.4 is 0 Å². The third-order valence-corrected chi connectivity index (χ3v) is 2.43. The van der Waals surface area contributed by atoms with Crippen LogP contribution in [0.15, 0.2) is 10.6 Å². The Morgan fingerprint density at radius 1 is 1.69 bits per heavy atom. The van der Waals surface area contributed by atoms with Gasteiger partial charge in [0.05, 0.1) is 19.3 Å². The summed E-state index contributed by atoms with van der Waals surface area (Å²) in [7, 11) is 0. The highest BCUT2D eigenvalue weighted by molar-refractivity contribution is 6.36. The van der Waals surface area contributed by atoms with Crippen molar-refractivity contribution in [3.8, 4) is 0 Å². The molecule has 1 saturated heterocycles. The van der Waals surface area contributed by atoms with E-state index in [1.165, 1.54) is 5.54 Å². The van der Waals surface area contributed by atoms with Crippen molar-refractivity contribution in [3.63, 3.8) is 0 Å².